The highest BCUT2D eigenvalue weighted by molar-refractivity contribution is 7.80. The summed E-state index contributed by atoms with van der Waals surface area (Å²) in [5, 5.41) is 0. The average molecular weight is 315 g/mol. The first-order valence-electron chi connectivity index (χ1n) is 7.90. The quantitative estimate of drug-likeness (QED) is 0.540. The maximum atomic E-state index is 5.83. The van der Waals surface area contributed by atoms with E-state index in [2.05, 4.69) is 61.2 Å². The van der Waals surface area contributed by atoms with Crippen molar-refractivity contribution in [2.24, 2.45) is 5.73 Å². The van der Waals surface area contributed by atoms with Crippen LogP contribution < -0.4 is 10.5 Å². The first kappa shape index (κ1) is 16.9. The zero-order valence-electron chi connectivity index (χ0n) is 12.9. The van der Waals surface area contributed by atoms with E-state index in [1.807, 2.05) is 6.07 Å². The molecule has 2 aromatic carbocycles. The van der Waals surface area contributed by atoms with Crippen molar-refractivity contribution in [1.82, 2.24) is 0 Å². The summed E-state index contributed by atoms with van der Waals surface area (Å²) in [5.41, 5.74) is 8.46. The SMILES string of the molecule is N[C@H](CS)CCCCOc1ccc(Cc2ccccc2)cc1. The minimum Gasteiger partial charge on any atom is -0.494 e. The van der Waals surface area contributed by atoms with E-state index in [-0.39, 0.29) is 6.04 Å². The monoisotopic (exact) mass is 315 g/mol. The van der Waals surface area contributed by atoms with Gasteiger partial charge >= 0.3 is 0 Å². The molecule has 0 spiro atoms. The van der Waals surface area contributed by atoms with Gasteiger partial charge in [-0.05, 0) is 48.9 Å². The highest BCUT2D eigenvalue weighted by Crippen LogP contribution is 2.15. The number of benzene rings is 2. The Morgan fingerprint density at radius 1 is 0.909 bits per heavy atom. The van der Waals surface area contributed by atoms with Gasteiger partial charge in [-0.1, -0.05) is 42.5 Å². The lowest BCUT2D eigenvalue weighted by Crippen LogP contribution is -2.21. The average Bonchev–Trinajstić information content (AvgIpc) is 2.57. The molecule has 0 heterocycles. The topological polar surface area (TPSA) is 35.2 Å². The van der Waals surface area contributed by atoms with E-state index in [4.69, 9.17) is 10.5 Å². The van der Waals surface area contributed by atoms with Crippen molar-refractivity contribution in [3.05, 3.63) is 65.7 Å². The number of hydrogen-bond donors (Lipinski definition) is 2. The summed E-state index contributed by atoms with van der Waals surface area (Å²) < 4.78 is 5.77. The Bertz CT molecular complexity index is 527. The van der Waals surface area contributed by atoms with Crippen molar-refractivity contribution in [3.63, 3.8) is 0 Å². The predicted octanol–water partition coefficient (Wildman–Crippen LogP) is 4.08. The van der Waals surface area contributed by atoms with Crippen LogP contribution in [0.2, 0.25) is 0 Å². The molecule has 0 saturated heterocycles. The van der Waals surface area contributed by atoms with Crippen LogP contribution in [0.5, 0.6) is 5.75 Å². The molecule has 2 N–H and O–H groups in total. The Kier molecular flexibility index (Phi) is 7.34. The lowest BCUT2D eigenvalue weighted by molar-refractivity contribution is 0.304. The highest BCUT2D eigenvalue weighted by atomic mass is 32.1. The van der Waals surface area contributed by atoms with Crippen LogP contribution in [0, 0.1) is 0 Å². The van der Waals surface area contributed by atoms with Crippen LogP contribution in [0.25, 0.3) is 0 Å². The van der Waals surface area contributed by atoms with Crippen LogP contribution in [0.15, 0.2) is 54.6 Å². The third-order valence-electron chi connectivity index (χ3n) is 3.65. The first-order valence-corrected chi connectivity index (χ1v) is 8.53. The number of thiol groups is 1. The maximum absolute atomic E-state index is 5.83. The molecule has 0 aromatic heterocycles. The molecule has 0 radical (unpaired) electrons. The summed E-state index contributed by atoms with van der Waals surface area (Å²) >= 11 is 4.19. The number of hydrogen-bond acceptors (Lipinski definition) is 3. The molecule has 1 atom stereocenters. The van der Waals surface area contributed by atoms with E-state index in [9.17, 15) is 0 Å². The van der Waals surface area contributed by atoms with Gasteiger partial charge in [0.05, 0.1) is 6.61 Å². The molecule has 0 amide bonds. The number of nitrogens with two attached hydrogens (primary N) is 1. The maximum Gasteiger partial charge on any atom is 0.119 e. The molecule has 0 aliphatic heterocycles. The second kappa shape index (κ2) is 9.54. The highest BCUT2D eigenvalue weighted by Gasteiger charge is 2.00. The van der Waals surface area contributed by atoms with Crippen LogP contribution in [-0.4, -0.2) is 18.4 Å². The van der Waals surface area contributed by atoms with E-state index in [0.29, 0.717) is 0 Å². The van der Waals surface area contributed by atoms with Crippen LogP contribution in [0.3, 0.4) is 0 Å². The van der Waals surface area contributed by atoms with Gasteiger partial charge < -0.3 is 10.5 Å². The van der Waals surface area contributed by atoms with Gasteiger partial charge in [-0.2, -0.15) is 12.6 Å². The van der Waals surface area contributed by atoms with Gasteiger partial charge in [0.25, 0.3) is 0 Å². The molecule has 0 bridgehead atoms. The van der Waals surface area contributed by atoms with Crippen LogP contribution in [0.4, 0.5) is 0 Å². The smallest absolute Gasteiger partial charge is 0.119 e. The number of unbranched alkanes of at least 4 members (excludes halogenated alkanes) is 1. The zero-order chi connectivity index (χ0) is 15.6. The van der Waals surface area contributed by atoms with Crippen molar-refractivity contribution in [1.29, 1.82) is 0 Å². The van der Waals surface area contributed by atoms with Crippen LogP contribution in [0.1, 0.15) is 30.4 Å². The Hall–Kier alpha value is -1.45. The lowest BCUT2D eigenvalue weighted by atomic mass is 10.1. The van der Waals surface area contributed by atoms with Crippen molar-refractivity contribution in [2.45, 2.75) is 31.7 Å². The standard InChI is InChI=1S/C19H25NOS/c20-18(15-22)8-4-5-13-21-19-11-9-17(10-12-19)14-16-6-2-1-3-7-16/h1-3,6-7,9-12,18,22H,4-5,8,13-15,20H2/t18-/m0/s1. The fourth-order valence-electron chi connectivity index (χ4n) is 2.32. The Labute approximate surface area is 139 Å². The molecule has 0 aliphatic carbocycles. The van der Waals surface area contributed by atoms with Crippen LogP contribution in [-0.2, 0) is 6.42 Å². The summed E-state index contributed by atoms with van der Waals surface area (Å²) in [7, 11) is 0. The number of rotatable bonds is 9. The zero-order valence-corrected chi connectivity index (χ0v) is 13.8. The van der Waals surface area contributed by atoms with E-state index in [0.717, 1.165) is 43.8 Å². The van der Waals surface area contributed by atoms with E-state index in [1.165, 1.54) is 11.1 Å². The number of ether oxygens (including phenoxy) is 1. The van der Waals surface area contributed by atoms with Gasteiger partial charge in [-0.15, -0.1) is 0 Å². The third kappa shape index (κ3) is 6.12. The van der Waals surface area contributed by atoms with Crippen LogP contribution >= 0.6 is 12.6 Å². The Balaban J connectivity index is 1.70. The van der Waals surface area contributed by atoms with Gasteiger partial charge in [0.2, 0.25) is 0 Å². The predicted molar refractivity (Wildman–Crippen MR) is 96.9 cm³/mol. The molecule has 0 saturated carbocycles. The fraction of sp³-hybridized carbons (Fsp3) is 0.368. The summed E-state index contributed by atoms with van der Waals surface area (Å²) in [6.07, 6.45) is 4.10. The van der Waals surface area contributed by atoms with E-state index < -0.39 is 0 Å². The summed E-state index contributed by atoms with van der Waals surface area (Å²) in [5.74, 6) is 1.69. The molecule has 2 rings (SSSR count). The molecule has 22 heavy (non-hydrogen) atoms. The largest absolute Gasteiger partial charge is 0.494 e. The van der Waals surface area contributed by atoms with Gasteiger partial charge in [-0.25, -0.2) is 0 Å². The summed E-state index contributed by atoms with van der Waals surface area (Å²) in [4.78, 5) is 0. The normalized spacial score (nSPS) is 12.1. The van der Waals surface area contributed by atoms with Crippen molar-refractivity contribution in [3.8, 4) is 5.75 Å². The molecule has 118 valence electrons. The Morgan fingerprint density at radius 3 is 2.27 bits per heavy atom. The molecule has 0 unspecified atom stereocenters. The van der Waals surface area contributed by atoms with Gasteiger partial charge in [-0.3, -0.25) is 0 Å². The van der Waals surface area contributed by atoms with Gasteiger partial charge in [0.15, 0.2) is 0 Å². The van der Waals surface area contributed by atoms with Gasteiger partial charge in [0.1, 0.15) is 5.75 Å². The second-order valence-electron chi connectivity index (χ2n) is 5.59. The fourth-order valence-corrected chi connectivity index (χ4v) is 2.51. The van der Waals surface area contributed by atoms with Gasteiger partial charge in [0, 0.05) is 11.8 Å². The molecule has 2 nitrogen and oxygen atoms in total. The molecule has 2 aromatic rings. The molecular weight excluding hydrogens is 290 g/mol. The molecule has 0 fully saturated rings. The molecular formula is C19H25NOS. The third-order valence-corrected chi connectivity index (χ3v) is 4.12. The van der Waals surface area contributed by atoms with Crippen molar-refractivity contribution in [2.75, 3.05) is 12.4 Å². The van der Waals surface area contributed by atoms with E-state index >= 15 is 0 Å². The second-order valence-corrected chi connectivity index (χ2v) is 5.96. The lowest BCUT2D eigenvalue weighted by Gasteiger charge is -2.09. The minimum atomic E-state index is 0.209. The summed E-state index contributed by atoms with van der Waals surface area (Å²) in [6.45, 7) is 0.747. The summed E-state index contributed by atoms with van der Waals surface area (Å²) in [6, 6.07) is 19.1. The minimum absolute atomic E-state index is 0.209. The first-order chi connectivity index (χ1) is 10.8. The Morgan fingerprint density at radius 2 is 1.59 bits per heavy atom. The van der Waals surface area contributed by atoms with E-state index in [1.54, 1.807) is 0 Å². The molecule has 0 aliphatic rings. The van der Waals surface area contributed by atoms with Crippen molar-refractivity contribution >= 4 is 12.6 Å². The van der Waals surface area contributed by atoms with Crippen molar-refractivity contribution < 1.29 is 4.74 Å². The molecule has 3 heteroatoms.